The monoisotopic (exact) mass is 292 g/mol. The predicted octanol–water partition coefficient (Wildman–Crippen LogP) is -0.482. The standard InChI is InChI=1S/C13H16N4O4/c1-16(7-9-4-2-3-5-14-9)13(21)17-8-11(18)15-6-10(17)12(19)20/h2-5,10H,6-8H2,1H3,(H,15,18)(H,19,20). The maximum Gasteiger partial charge on any atom is 0.328 e. The molecule has 1 atom stereocenters. The average Bonchev–Trinajstić information content (AvgIpc) is 2.47. The van der Waals surface area contributed by atoms with E-state index in [2.05, 4.69) is 10.3 Å². The fourth-order valence-corrected chi connectivity index (χ4v) is 2.08. The highest BCUT2D eigenvalue weighted by molar-refractivity contribution is 5.90. The smallest absolute Gasteiger partial charge is 0.328 e. The van der Waals surface area contributed by atoms with Gasteiger partial charge in [-0.1, -0.05) is 6.07 Å². The summed E-state index contributed by atoms with van der Waals surface area (Å²) in [6.07, 6.45) is 1.61. The van der Waals surface area contributed by atoms with E-state index >= 15 is 0 Å². The van der Waals surface area contributed by atoms with Gasteiger partial charge < -0.3 is 15.3 Å². The van der Waals surface area contributed by atoms with E-state index in [-0.39, 0.29) is 25.5 Å². The van der Waals surface area contributed by atoms with E-state index in [1.54, 1.807) is 31.4 Å². The first-order valence-corrected chi connectivity index (χ1v) is 6.40. The summed E-state index contributed by atoms with van der Waals surface area (Å²) in [4.78, 5) is 41.4. The van der Waals surface area contributed by atoms with Gasteiger partial charge in [-0.2, -0.15) is 0 Å². The predicted molar refractivity (Wildman–Crippen MR) is 72.2 cm³/mol. The lowest BCUT2D eigenvalue weighted by atomic mass is 10.2. The minimum atomic E-state index is -1.14. The Morgan fingerprint density at radius 3 is 2.90 bits per heavy atom. The van der Waals surface area contributed by atoms with Crippen molar-refractivity contribution < 1.29 is 19.5 Å². The van der Waals surface area contributed by atoms with Gasteiger partial charge in [0.2, 0.25) is 5.91 Å². The quantitative estimate of drug-likeness (QED) is 0.783. The highest BCUT2D eigenvalue weighted by Crippen LogP contribution is 2.10. The maximum atomic E-state index is 12.3. The van der Waals surface area contributed by atoms with Crippen molar-refractivity contribution >= 4 is 17.9 Å². The third-order valence-corrected chi connectivity index (χ3v) is 3.17. The molecule has 0 spiro atoms. The molecule has 112 valence electrons. The van der Waals surface area contributed by atoms with Crippen molar-refractivity contribution in [2.24, 2.45) is 0 Å². The van der Waals surface area contributed by atoms with Crippen molar-refractivity contribution in [3.05, 3.63) is 30.1 Å². The van der Waals surface area contributed by atoms with Crippen LogP contribution in [0, 0.1) is 0 Å². The van der Waals surface area contributed by atoms with Gasteiger partial charge in [0, 0.05) is 19.8 Å². The topological polar surface area (TPSA) is 103 Å². The van der Waals surface area contributed by atoms with Crippen LogP contribution in [0.2, 0.25) is 0 Å². The average molecular weight is 292 g/mol. The first kappa shape index (κ1) is 14.8. The molecule has 0 bridgehead atoms. The van der Waals surface area contributed by atoms with Crippen LogP contribution in [0.4, 0.5) is 4.79 Å². The number of urea groups is 1. The molecule has 0 aromatic carbocycles. The summed E-state index contributed by atoms with van der Waals surface area (Å²) < 4.78 is 0. The number of piperazine rings is 1. The minimum absolute atomic E-state index is 0.0860. The molecule has 1 aliphatic heterocycles. The van der Waals surface area contributed by atoms with Crippen molar-refractivity contribution in [1.82, 2.24) is 20.1 Å². The summed E-state index contributed by atoms with van der Waals surface area (Å²) >= 11 is 0. The number of carbonyl (C=O) groups is 3. The maximum absolute atomic E-state index is 12.3. The molecule has 8 heteroatoms. The fourth-order valence-electron chi connectivity index (χ4n) is 2.08. The molecule has 21 heavy (non-hydrogen) atoms. The van der Waals surface area contributed by atoms with Crippen molar-refractivity contribution in [3.8, 4) is 0 Å². The van der Waals surface area contributed by atoms with Gasteiger partial charge in [-0.05, 0) is 12.1 Å². The lowest BCUT2D eigenvalue weighted by molar-refractivity contribution is -0.144. The Morgan fingerprint density at radius 1 is 1.52 bits per heavy atom. The minimum Gasteiger partial charge on any atom is -0.480 e. The Kier molecular flexibility index (Phi) is 4.36. The Balaban J connectivity index is 2.08. The van der Waals surface area contributed by atoms with Crippen molar-refractivity contribution in [1.29, 1.82) is 0 Å². The van der Waals surface area contributed by atoms with Crippen LogP contribution in [0.1, 0.15) is 5.69 Å². The number of hydrogen-bond acceptors (Lipinski definition) is 4. The molecule has 1 aromatic rings. The molecule has 2 rings (SSSR count). The normalized spacial score (nSPS) is 18.0. The first-order chi connectivity index (χ1) is 9.99. The van der Waals surface area contributed by atoms with Crippen molar-refractivity contribution in [2.75, 3.05) is 20.1 Å². The van der Waals surface area contributed by atoms with E-state index in [9.17, 15) is 14.4 Å². The van der Waals surface area contributed by atoms with Crippen LogP contribution < -0.4 is 5.32 Å². The molecule has 8 nitrogen and oxygen atoms in total. The van der Waals surface area contributed by atoms with E-state index in [4.69, 9.17) is 5.11 Å². The van der Waals surface area contributed by atoms with Crippen molar-refractivity contribution in [3.63, 3.8) is 0 Å². The second kappa shape index (κ2) is 6.21. The first-order valence-electron chi connectivity index (χ1n) is 6.40. The number of amides is 3. The SMILES string of the molecule is CN(Cc1ccccn1)C(=O)N1CC(=O)NCC1C(=O)O. The van der Waals surface area contributed by atoms with Crippen molar-refractivity contribution in [2.45, 2.75) is 12.6 Å². The highest BCUT2D eigenvalue weighted by atomic mass is 16.4. The van der Waals surface area contributed by atoms with Crippen LogP contribution in [0.25, 0.3) is 0 Å². The summed E-state index contributed by atoms with van der Waals surface area (Å²) in [5.74, 6) is -1.51. The van der Waals surface area contributed by atoms with E-state index < -0.39 is 18.0 Å². The van der Waals surface area contributed by atoms with Gasteiger partial charge in [-0.15, -0.1) is 0 Å². The summed E-state index contributed by atoms with van der Waals surface area (Å²) in [5.41, 5.74) is 0.682. The number of nitrogens with zero attached hydrogens (tertiary/aromatic N) is 3. The number of carboxylic acid groups (broad SMARTS) is 1. The Hall–Kier alpha value is -2.64. The van der Waals surface area contributed by atoms with Crippen LogP contribution in [-0.4, -0.2) is 64.0 Å². The zero-order chi connectivity index (χ0) is 15.4. The summed E-state index contributed by atoms with van der Waals surface area (Å²) in [6, 6.07) is 3.77. The zero-order valence-electron chi connectivity index (χ0n) is 11.5. The summed E-state index contributed by atoms with van der Waals surface area (Å²) in [7, 11) is 1.54. The van der Waals surface area contributed by atoms with Gasteiger partial charge in [0.15, 0.2) is 0 Å². The Labute approximate surface area is 121 Å². The van der Waals surface area contributed by atoms with Crippen LogP contribution in [0.15, 0.2) is 24.4 Å². The highest BCUT2D eigenvalue weighted by Gasteiger charge is 2.36. The number of rotatable bonds is 3. The second-order valence-corrected chi connectivity index (χ2v) is 4.75. The molecular weight excluding hydrogens is 276 g/mol. The van der Waals surface area contributed by atoms with Gasteiger partial charge in [0.1, 0.15) is 12.6 Å². The van der Waals surface area contributed by atoms with Crippen LogP contribution in [-0.2, 0) is 16.1 Å². The number of pyridine rings is 1. The van der Waals surface area contributed by atoms with Crippen LogP contribution in [0.5, 0.6) is 0 Å². The number of carbonyl (C=O) groups excluding carboxylic acids is 2. The number of aliphatic carboxylic acids is 1. The second-order valence-electron chi connectivity index (χ2n) is 4.75. The molecule has 0 aliphatic carbocycles. The van der Waals surface area contributed by atoms with Gasteiger partial charge >= 0.3 is 12.0 Å². The van der Waals surface area contributed by atoms with E-state index in [0.717, 1.165) is 4.90 Å². The van der Waals surface area contributed by atoms with E-state index in [1.807, 2.05) is 0 Å². The molecule has 1 aliphatic rings. The number of carboxylic acids is 1. The van der Waals surface area contributed by atoms with Crippen LogP contribution in [0.3, 0.4) is 0 Å². The number of hydrogen-bond donors (Lipinski definition) is 2. The third kappa shape index (κ3) is 3.47. The zero-order valence-corrected chi connectivity index (χ0v) is 11.5. The molecule has 0 radical (unpaired) electrons. The molecule has 1 fully saturated rings. The molecule has 1 unspecified atom stereocenters. The molecule has 1 saturated heterocycles. The van der Waals surface area contributed by atoms with E-state index in [1.165, 1.54) is 4.90 Å². The van der Waals surface area contributed by atoms with Gasteiger partial charge in [0.25, 0.3) is 0 Å². The van der Waals surface area contributed by atoms with Gasteiger partial charge in [-0.3, -0.25) is 14.7 Å². The van der Waals surface area contributed by atoms with Gasteiger partial charge in [-0.25, -0.2) is 9.59 Å². The van der Waals surface area contributed by atoms with Crippen LogP contribution >= 0.6 is 0 Å². The summed E-state index contributed by atoms with van der Waals surface area (Å²) in [6.45, 7) is -0.107. The molecule has 2 N–H and O–H groups in total. The fraction of sp³-hybridized carbons (Fsp3) is 0.385. The summed E-state index contributed by atoms with van der Waals surface area (Å²) in [5, 5.41) is 11.6. The Morgan fingerprint density at radius 2 is 2.29 bits per heavy atom. The molecular formula is C13H16N4O4. The van der Waals surface area contributed by atoms with E-state index in [0.29, 0.717) is 5.69 Å². The lowest BCUT2D eigenvalue weighted by Gasteiger charge is -2.35. The number of aromatic nitrogens is 1. The molecule has 3 amide bonds. The third-order valence-electron chi connectivity index (χ3n) is 3.17. The Bertz CT molecular complexity index is 548. The molecule has 0 saturated carbocycles. The largest absolute Gasteiger partial charge is 0.480 e. The number of nitrogens with one attached hydrogen (secondary N) is 1. The lowest BCUT2D eigenvalue weighted by Crippen LogP contribution is -2.61. The van der Waals surface area contributed by atoms with Gasteiger partial charge in [0.05, 0.1) is 12.2 Å². The molecule has 2 heterocycles. The molecule has 1 aromatic heterocycles.